The third kappa shape index (κ3) is 5.37. The van der Waals surface area contributed by atoms with Crippen molar-refractivity contribution in [3.05, 3.63) is 33.5 Å². The molecule has 154 valence electrons. The Kier molecular flexibility index (Phi) is 6.53. The molecule has 1 aromatic rings. The second-order valence-electron chi connectivity index (χ2n) is 8.02. The lowest BCUT2D eigenvalue weighted by Gasteiger charge is -2.36. The van der Waals surface area contributed by atoms with Crippen molar-refractivity contribution in [2.24, 2.45) is 0 Å². The van der Waals surface area contributed by atoms with Crippen LogP contribution in [-0.4, -0.2) is 51.8 Å². The predicted octanol–water partition coefficient (Wildman–Crippen LogP) is 2.29. The van der Waals surface area contributed by atoms with Crippen LogP contribution in [0.25, 0.3) is 0 Å². The molecule has 1 saturated heterocycles. The zero-order valence-corrected chi connectivity index (χ0v) is 16.7. The summed E-state index contributed by atoms with van der Waals surface area (Å²) in [4.78, 5) is 38.3. The number of aryl methyl sites for hydroxylation is 1. The Morgan fingerprint density at radius 2 is 1.86 bits per heavy atom. The zero-order valence-electron chi connectivity index (χ0n) is 16.7. The number of carbonyl (C=O) groups is 2. The van der Waals surface area contributed by atoms with Crippen LogP contribution in [0.15, 0.2) is 16.9 Å². The van der Waals surface area contributed by atoms with Crippen LogP contribution in [0, 0.1) is 6.92 Å². The lowest BCUT2D eigenvalue weighted by molar-refractivity contribution is 0.00986. The van der Waals surface area contributed by atoms with E-state index in [4.69, 9.17) is 4.74 Å². The Morgan fingerprint density at radius 3 is 2.50 bits per heavy atom. The molecule has 2 rings (SSSR count). The van der Waals surface area contributed by atoms with Gasteiger partial charge in [0.15, 0.2) is 11.5 Å². The summed E-state index contributed by atoms with van der Waals surface area (Å²) in [7, 11) is 0. The van der Waals surface area contributed by atoms with Crippen molar-refractivity contribution in [2.75, 3.05) is 13.1 Å². The molecule has 1 fully saturated rings. The van der Waals surface area contributed by atoms with E-state index in [0.29, 0.717) is 12.1 Å². The first kappa shape index (κ1) is 21.5. The molecule has 1 aliphatic rings. The Balaban J connectivity index is 2.13. The highest BCUT2D eigenvalue weighted by Crippen LogP contribution is 2.21. The Morgan fingerprint density at radius 1 is 1.21 bits per heavy atom. The molecule has 0 radical (unpaired) electrons. The zero-order chi connectivity index (χ0) is 21.1. The Hall–Kier alpha value is -2.77. The summed E-state index contributed by atoms with van der Waals surface area (Å²) >= 11 is 0. The van der Waals surface area contributed by atoms with E-state index < -0.39 is 34.5 Å². The van der Waals surface area contributed by atoms with Gasteiger partial charge in [-0.1, -0.05) is 0 Å². The van der Waals surface area contributed by atoms with E-state index in [1.165, 1.54) is 0 Å². The molecule has 1 atom stereocenters. The standard InChI is InChI=1S/C20H28N2O6/c1-12-9-15(23)17(25)16(24)10-14(12)18(26)21-11-13-7-5-6-8-22(13)19(27)28-20(2,3)4/h9-10,13H,5-8,11H2,1-4H3,(H,21,26)(H2,23,24,25). The molecule has 0 aromatic heterocycles. The smallest absolute Gasteiger partial charge is 0.410 e. The monoisotopic (exact) mass is 392 g/mol. The number of ether oxygens (including phenoxy) is 1. The van der Waals surface area contributed by atoms with Gasteiger partial charge in [-0.3, -0.25) is 9.59 Å². The summed E-state index contributed by atoms with van der Waals surface area (Å²) in [6.45, 7) is 7.74. The number of aromatic hydroxyl groups is 2. The summed E-state index contributed by atoms with van der Waals surface area (Å²) in [6.07, 6.45) is 2.13. The van der Waals surface area contributed by atoms with Crippen LogP contribution in [0.2, 0.25) is 0 Å². The van der Waals surface area contributed by atoms with Crippen molar-refractivity contribution in [3.63, 3.8) is 0 Å². The van der Waals surface area contributed by atoms with E-state index in [0.717, 1.165) is 31.4 Å². The van der Waals surface area contributed by atoms with Gasteiger partial charge in [0.2, 0.25) is 0 Å². The Labute approximate surface area is 164 Å². The maximum Gasteiger partial charge on any atom is 0.410 e. The molecule has 1 aliphatic heterocycles. The normalized spacial score (nSPS) is 17.1. The van der Waals surface area contributed by atoms with E-state index in [1.807, 2.05) is 0 Å². The van der Waals surface area contributed by atoms with Gasteiger partial charge in [-0.2, -0.15) is 0 Å². The van der Waals surface area contributed by atoms with E-state index in [1.54, 1.807) is 32.6 Å². The third-order valence-corrected chi connectivity index (χ3v) is 4.52. The van der Waals surface area contributed by atoms with Gasteiger partial charge in [0.1, 0.15) is 5.60 Å². The van der Waals surface area contributed by atoms with E-state index >= 15 is 0 Å². The van der Waals surface area contributed by atoms with Gasteiger partial charge < -0.3 is 25.2 Å². The van der Waals surface area contributed by atoms with Crippen LogP contribution in [0.5, 0.6) is 11.5 Å². The molecule has 28 heavy (non-hydrogen) atoms. The van der Waals surface area contributed by atoms with Gasteiger partial charge in [-0.15, -0.1) is 0 Å². The molecule has 1 unspecified atom stereocenters. The number of likely N-dealkylation sites (tertiary alicyclic amines) is 1. The molecule has 8 heteroatoms. The molecular formula is C20H28N2O6. The van der Waals surface area contributed by atoms with Gasteiger partial charge in [-0.05, 0) is 64.7 Å². The molecule has 2 amide bonds. The number of piperidine rings is 1. The van der Waals surface area contributed by atoms with Crippen molar-refractivity contribution >= 4 is 12.0 Å². The van der Waals surface area contributed by atoms with Gasteiger partial charge in [0.25, 0.3) is 11.3 Å². The van der Waals surface area contributed by atoms with Crippen LogP contribution >= 0.6 is 0 Å². The average Bonchev–Trinajstić information content (AvgIpc) is 2.70. The third-order valence-electron chi connectivity index (χ3n) is 4.52. The van der Waals surface area contributed by atoms with Crippen molar-refractivity contribution in [2.45, 2.75) is 58.6 Å². The maximum atomic E-state index is 12.6. The summed E-state index contributed by atoms with van der Waals surface area (Å²) < 4.78 is 5.45. The molecule has 0 bridgehead atoms. The number of hydrogen-bond acceptors (Lipinski definition) is 6. The summed E-state index contributed by atoms with van der Waals surface area (Å²) in [5, 5.41) is 22.1. The lowest BCUT2D eigenvalue weighted by Crippen LogP contribution is -2.50. The second-order valence-corrected chi connectivity index (χ2v) is 8.02. The highest BCUT2D eigenvalue weighted by atomic mass is 16.6. The fourth-order valence-electron chi connectivity index (χ4n) is 3.12. The van der Waals surface area contributed by atoms with E-state index in [2.05, 4.69) is 5.32 Å². The lowest BCUT2D eigenvalue weighted by atomic mass is 10.0. The fourth-order valence-corrected chi connectivity index (χ4v) is 3.12. The summed E-state index contributed by atoms with van der Waals surface area (Å²) in [6, 6.07) is 1.98. The maximum absolute atomic E-state index is 12.6. The fraction of sp³-hybridized carbons (Fsp3) is 0.550. The molecule has 8 nitrogen and oxygen atoms in total. The number of nitrogens with one attached hydrogen (secondary N) is 1. The first-order chi connectivity index (χ1) is 13.0. The van der Waals surface area contributed by atoms with Crippen LogP contribution < -0.4 is 10.7 Å². The molecule has 3 N–H and O–H groups in total. The topological polar surface area (TPSA) is 116 Å². The number of amides is 2. The summed E-state index contributed by atoms with van der Waals surface area (Å²) in [5.74, 6) is -1.83. The van der Waals surface area contributed by atoms with Crippen molar-refractivity contribution in [1.29, 1.82) is 0 Å². The first-order valence-corrected chi connectivity index (χ1v) is 9.34. The van der Waals surface area contributed by atoms with E-state index in [-0.39, 0.29) is 18.2 Å². The minimum Gasteiger partial charge on any atom is -0.504 e. The van der Waals surface area contributed by atoms with Crippen LogP contribution in [0.4, 0.5) is 4.79 Å². The second kappa shape index (κ2) is 8.50. The van der Waals surface area contributed by atoms with Gasteiger partial charge in [-0.25, -0.2) is 4.79 Å². The van der Waals surface area contributed by atoms with Gasteiger partial charge in [0, 0.05) is 18.7 Å². The largest absolute Gasteiger partial charge is 0.504 e. The number of rotatable bonds is 3. The van der Waals surface area contributed by atoms with Gasteiger partial charge >= 0.3 is 6.09 Å². The molecule has 0 aliphatic carbocycles. The Bertz CT molecular complexity index is 815. The van der Waals surface area contributed by atoms with Crippen LogP contribution in [0.1, 0.15) is 56.0 Å². The number of nitrogens with zero attached hydrogens (tertiary/aromatic N) is 1. The minimum absolute atomic E-state index is 0.0783. The quantitative estimate of drug-likeness (QED) is 0.727. The van der Waals surface area contributed by atoms with Crippen molar-refractivity contribution in [3.8, 4) is 11.5 Å². The van der Waals surface area contributed by atoms with E-state index in [9.17, 15) is 24.6 Å². The van der Waals surface area contributed by atoms with Gasteiger partial charge in [0.05, 0.1) is 6.04 Å². The summed E-state index contributed by atoms with van der Waals surface area (Å²) in [5.41, 5.74) is -1.12. The van der Waals surface area contributed by atoms with Crippen molar-refractivity contribution in [1.82, 2.24) is 10.2 Å². The predicted molar refractivity (Wildman–Crippen MR) is 104 cm³/mol. The van der Waals surface area contributed by atoms with Crippen molar-refractivity contribution < 1.29 is 24.5 Å². The molecule has 1 heterocycles. The van der Waals surface area contributed by atoms with Crippen LogP contribution in [0.3, 0.4) is 0 Å². The average molecular weight is 392 g/mol. The first-order valence-electron chi connectivity index (χ1n) is 9.34. The number of carbonyl (C=O) groups excluding carboxylic acids is 2. The van der Waals surface area contributed by atoms with Crippen LogP contribution in [-0.2, 0) is 4.74 Å². The molecule has 1 aromatic carbocycles. The SMILES string of the molecule is Cc1cc(O)c(=O)c(O)cc1C(=O)NCC1CCCCN1C(=O)OC(C)(C)C. The molecule has 0 spiro atoms. The minimum atomic E-state index is -0.939. The molecular weight excluding hydrogens is 364 g/mol. The highest BCUT2D eigenvalue weighted by Gasteiger charge is 2.30. The molecule has 0 saturated carbocycles. The number of hydrogen-bond donors (Lipinski definition) is 3. The highest BCUT2D eigenvalue weighted by molar-refractivity contribution is 5.96.